The zero-order valence-electron chi connectivity index (χ0n) is 10.3. The maximum Gasteiger partial charge on any atom is 0.160 e. The molecule has 6 heteroatoms. The third-order valence-electron chi connectivity index (χ3n) is 2.49. The molecule has 1 heterocycles. The summed E-state index contributed by atoms with van der Waals surface area (Å²) in [6.07, 6.45) is 0. The Morgan fingerprint density at radius 1 is 1.35 bits per heavy atom. The third-order valence-corrected chi connectivity index (χ3v) is 2.49. The van der Waals surface area contributed by atoms with Crippen molar-refractivity contribution >= 4 is 22.4 Å². The van der Waals surface area contributed by atoms with E-state index in [0.29, 0.717) is 22.8 Å². The molecule has 92 valence electrons. The van der Waals surface area contributed by atoms with Gasteiger partial charge in [0.1, 0.15) is 0 Å². The lowest BCUT2D eigenvalue weighted by molar-refractivity contribution is 0.315. The number of nitrogens with one attached hydrogen (secondary N) is 1. The molecule has 0 fully saturated rings. The maximum atomic E-state index is 5.78. The van der Waals surface area contributed by atoms with Crippen LogP contribution in [0.4, 0.5) is 11.4 Å². The summed E-state index contributed by atoms with van der Waals surface area (Å²) in [5.74, 6) is 0. The lowest BCUT2D eigenvalue weighted by Crippen LogP contribution is -2.29. The molecule has 0 amide bonds. The quantitative estimate of drug-likeness (QED) is 0.774. The standard InChI is InChI=1S/C11H17N5O/c1-7(6-16(2)3)13-9-5-4-8(12)10-11(9)15-17-14-10/h4-5,7,13H,6,12H2,1-3H3. The van der Waals surface area contributed by atoms with Gasteiger partial charge in [0, 0.05) is 12.6 Å². The number of nitrogens with two attached hydrogens (primary N) is 1. The smallest absolute Gasteiger partial charge is 0.160 e. The first-order valence-electron chi connectivity index (χ1n) is 5.50. The van der Waals surface area contributed by atoms with E-state index >= 15 is 0 Å². The van der Waals surface area contributed by atoms with Gasteiger partial charge in [-0.1, -0.05) is 0 Å². The van der Waals surface area contributed by atoms with Gasteiger partial charge in [0.2, 0.25) is 0 Å². The molecule has 17 heavy (non-hydrogen) atoms. The van der Waals surface area contributed by atoms with E-state index < -0.39 is 0 Å². The average molecular weight is 235 g/mol. The van der Waals surface area contributed by atoms with Crippen LogP contribution in [0.5, 0.6) is 0 Å². The second-order valence-electron chi connectivity index (χ2n) is 4.47. The van der Waals surface area contributed by atoms with E-state index in [2.05, 4.69) is 27.5 Å². The first-order valence-corrected chi connectivity index (χ1v) is 5.50. The van der Waals surface area contributed by atoms with E-state index in [1.807, 2.05) is 20.2 Å². The predicted octanol–water partition coefficient (Wildman–Crippen LogP) is 1.17. The van der Waals surface area contributed by atoms with Crippen LogP contribution in [0.25, 0.3) is 11.0 Å². The number of nitrogens with zero attached hydrogens (tertiary/aromatic N) is 3. The third kappa shape index (κ3) is 2.47. The average Bonchev–Trinajstić information content (AvgIpc) is 2.70. The number of hydrogen-bond acceptors (Lipinski definition) is 6. The van der Waals surface area contributed by atoms with Crippen LogP contribution in [0.1, 0.15) is 6.92 Å². The van der Waals surface area contributed by atoms with Crippen LogP contribution in [0, 0.1) is 0 Å². The summed E-state index contributed by atoms with van der Waals surface area (Å²) in [5.41, 5.74) is 8.53. The molecule has 2 aromatic rings. The van der Waals surface area contributed by atoms with E-state index in [0.717, 1.165) is 12.2 Å². The molecule has 2 rings (SSSR count). The lowest BCUT2D eigenvalue weighted by Gasteiger charge is -2.19. The minimum Gasteiger partial charge on any atom is -0.397 e. The first kappa shape index (κ1) is 11.7. The van der Waals surface area contributed by atoms with Crippen LogP contribution in [0.3, 0.4) is 0 Å². The number of anilines is 2. The van der Waals surface area contributed by atoms with Crippen LogP contribution < -0.4 is 11.1 Å². The second kappa shape index (κ2) is 4.58. The van der Waals surface area contributed by atoms with E-state index in [1.165, 1.54) is 0 Å². The van der Waals surface area contributed by atoms with Crippen molar-refractivity contribution in [2.75, 3.05) is 31.7 Å². The highest BCUT2D eigenvalue weighted by Gasteiger charge is 2.12. The Morgan fingerprint density at radius 3 is 2.76 bits per heavy atom. The van der Waals surface area contributed by atoms with Gasteiger partial charge in [0.15, 0.2) is 11.0 Å². The first-order chi connectivity index (χ1) is 8.08. The molecule has 0 spiro atoms. The topological polar surface area (TPSA) is 80.2 Å². The molecule has 0 saturated carbocycles. The van der Waals surface area contributed by atoms with Gasteiger partial charge in [-0.3, -0.25) is 0 Å². The highest BCUT2D eigenvalue weighted by Crippen LogP contribution is 2.25. The lowest BCUT2D eigenvalue weighted by atomic mass is 10.2. The Hall–Kier alpha value is -1.82. The van der Waals surface area contributed by atoms with E-state index in [9.17, 15) is 0 Å². The summed E-state index contributed by atoms with van der Waals surface area (Å²) >= 11 is 0. The van der Waals surface area contributed by atoms with Crippen molar-refractivity contribution in [2.45, 2.75) is 13.0 Å². The summed E-state index contributed by atoms with van der Waals surface area (Å²) in [7, 11) is 4.07. The molecule has 1 aromatic carbocycles. The Kier molecular flexibility index (Phi) is 3.14. The SMILES string of the molecule is CC(CN(C)C)Nc1ccc(N)c2nonc12. The van der Waals surface area contributed by atoms with Gasteiger partial charge in [-0.2, -0.15) is 0 Å². The largest absolute Gasteiger partial charge is 0.397 e. The number of benzene rings is 1. The fourth-order valence-electron chi connectivity index (χ4n) is 1.86. The minimum atomic E-state index is 0.300. The van der Waals surface area contributed by atoms with Crippen molar-refractivity contribution in [1.82, 2.24) is 15.2 Å². The summed E-state index contributed by atoms with van der Waals surface area (Å²) in [4.78, 5) is 2.12. The Labute approximate surface area is 99.7 Å². The predicted molar refractivity (Wildman–Crippen MR) is 67.9 cm³/mol. The molecule has 0 bridgehead atoms. The number of likely N-dealkylation sites (N-methyl/N-ethyl adjacent to an activating group) is 1. The maximum absolute atomic E-state index is 5.78. The molecule has 0 aliphatic rings. The van der Waals surface area contributed by atoms with Gasteiger partial charge in [0.05, 0.1) is 11.4 Å². The van der Waals surface area contributed by atoms with E-state index in [4.69, 9.17) is 10.4 Å². The minimum absolute atomic E-state index is 0.300. The number of rotatable bonds is 4. The zero-order chi connectivity index (χ0) is 12.4. The van der Waals surface area contributed by atoms with Gasteiger partial charge in [0.25, 0.3) is 0 Å². The second-order valence-corrected chi connectivity index (χ2v) is 4.47. The molecule has 6 nitrogen and oxygen atoms in total. The molecular weight excluding hydrogens is 218 g/mol. The van der Waals surface area contributed by atoms with E-state index in [1.54, 1.807) is 6.07 Å². The molecule has 0 aliphatic heterocycles. The molecule has 1 aromatic heterocycles. The fraction of sp³-hybridized carbons (Fsp3) is 0.455. The summed E-state index contributed by atoms with van der Waals surface area (Å²) < 4.78 is 4.72. The normalized spacial score (nSPS) is 13.2. The fourth-order valence-corrected chi connectivity index (χ4v) is 1.86. The van der Waals surface area contributed by atoms with Crippen molar-refractivity contribution < 1.29 is 4.63 Å². The van der Waals surface area contributed by atoms with Gasteiger partial charge in [-0.25, -0.2) is 4.63 Å². The molecule has 1 atom stereocenters. The van der Waals surface area contributed by atoms with E-state index in [-0.39, 0.29) is 0 Å². The summed E-state index contributed by atoms with van der Waals surface area (Å²) in [5, 5.41) is 11.0. The van der Waals surface area contributed by atoms with Crippen molar-refractivity contribution in [3.8, 4) is 0 Å². The van der Waals surface area contributed by atoms with Gasteiger partial charge >= 0.3 is 0 Å². The summed E-state index contributed by atoms with van der Waals surface area (Å²) in [6, 6.07) is 4.00. The van der Waals surface area contributed by atoms with Gasteiger partial charge < -0.3 is 16.0 Å². The molecule has 0 saturated heterocycles. The molecule has 1 unspecified atom stereocenters. The number of hydrogen-bond donors (Lipinski definition) is 2. The highest BCUT2D eigenvalue weighted by atomic mass is 16.6. The van der Waals surface area contributed by atoms with Crippen molar-refractivity contribution in [2.24, 2.45) is 0 Å². The van der Waals surface area contributed by atoms with Gasteiger partial charge in [-0.15, -0.1) is 0 Å². The molecule has 0 aliphatic carbocycles. The number of nitrogen functional groups attached to an aromatic ring is 1. The molecule has 0 radical (unpaired) electrons. The highest BCUT2D eigenvalue weighted by molar-refractivity contribution is 5.95. The number of fused-ring (bicyclic) bond motifs is 1. The Bertz CT molecular complexity index is 508. The Balaban J connectivity index is 2.24. The monoisotopic (exact) mass is 235 g/mol. The van der Waals surface area contributed by atoms with Crippen LogP contribution in [0.15, 0.2) is 16.8 Å². The van der Waals surface area contributed by atoms with Crippen LogP contribution in [-0.4, -0.2) is 41.9 Å². The Morgan fingerprint density at radius 2 is 2.06 bits per heavy atom. The van der Waals surface area contributed by atoms with Crippen LogP contribution in [0.2, 0.25) is 0 Å². The summed E-state index contributed by atoms with van der Waals surface area (Å²) in [6.45, 7) is 3.03. The van der Waals surface area contributed by atoms with Crippen molar-refractivity contribution in [1.29, 1.82) is 0 Å². The van der Waals surface area contributed by atoms with Crippen molar-refractivity contribution in [3.05, 3.63) is 12.1 Å². The van der Waals surface area contributed by atoms with Crippen LogP contribution >= 0.6 is 0 Å². The van der Waals surface area contributed by atoms with Crippen molar-refractivity contribution in [3.63, 3.8) is 0 Å². The van der Waals surface area contributed by atoms with Gasteiger partial charge in [-0.05, 0) is 43.5 Å². The molecular formula is C11H17N5O. The van der Waals surface area contributed by atoms with Crippen LogP contribution in [-0.2, 0) is 0 Å². The number of aromatic nitrogens is 2. The zero-order valence-corrected chi connectivity index (χ0v) is 10.3. The molecule has 3 N–H and O–H groups in total.